The van der Waals surface area contributed by atoms with E-state index < -0.39 is 0 Å². The Kier molecular flexibility index (Phi) is 3.77. The zero-order chi connectivity index (χ0) is 14.9. The molecule has 22 heavy (non-hydrogen) atoms. The molecule has 0 aromatic heterocycles. The summed E-state index contributed by atoms with van der Waals surface area (Å²) < 4.78 is 5.29. The Morgan fingerprint density at radius 2 is 1.86 bits per heavy atom. The van der Waals surface area contributed by atoms with Gasteiger partial charge in [-0.05, 0) is 66.4 Å². The van der Waals surface area contributed by atoms with Crippen molar-refractivity contribution in [1.29, 1.82) is 0 Å². The van der Waals surface area contributed by atoms with Crippen molar-refractivity contribution in [2.45, 2.75) is 25.4 Å². The van der Waals surface area contributed by atoms with E-state index in [0.29, 0.717) is 6.04 Å². The molecule has 0 radical (unpaired) electrons. The zero-order valence-electron chi connectivity index (χ0n) is 13.2. The van der Waals surface area contributed by atoms with Crippen LogP contribution in [0.4, 0.5) is 0 Å². The summed E-state index contributed by atoms with van der Waals surface area (Å²) in [5.41, 5.74) is 1.37. The van der Waals surface area contributed by atoms with Crippen molar-refractivity contribution in [3.63, 3.8) is 0 Å². The van der Waals surface area contributed by atoms with Crippen LogP contribution in [0.25, 0.3) is 10.8 Å². The van der Waals surface area contributed by atoms with Gasteiger partial charge in [0, 0.05) is 19.1 Å². The molecule has 3 heteroatoms. The van der Waals surface area contributed by atoms with Crippen molar-refractivity contribution in [3.05, 3.63) is 42.0 Å². The summed E-state index contributed by atoms with van der Waals surface area (Å²) in [6.45, 7) is 4.81. The number of ether oxygens (including phenoxy) is 1. The maximum Gasteiger partial charge on any atom is 0.119 e. The van der Waals surface area contributed by atoms with Crippen LogP contribution in [-0.4, -0.2) is 37.7 Å². The first-order chi connectivity index (χ1) is 10.8. The summed E-state index contributed by atoms with van der Waals surface area (Å²) in [6.07, 6.45) is 2.74. The molecule has 5 rings (SSSR count). The molecule has 1 N–H and O–H groups in total. The van der Waals surface area contributed by atoms with E-state index in [1.165, 1.54) is 48.8 Å². The summed E-state index contributed by atoms with van der Waals surface area (Å²) in [5.74, 6) is 1.81. The molecule has 0 spiro atoms. The molecule has 0 saturated carbocycles. The number of fused-ring (bicyclic) bond motifs is 4. The molecule has 2 bridgehead atoms. The van der Waals surface area contributed by atoms with Gasteiger partial charge in [0.2, 0.25) is 0 Å². The minimum absolute atomic E-state index is 0.675. The van der Waals surface area contributed by atoms with Gasteiger partial charge < -0.3 is 15.0 Å². The van der Waals surface area contributed by atoms with Crippen molar-refractivity contribution in [2.24, 2.45) is 5.92 Å². The lowest BCUT2D eigenvalue weighted by Crippen LogP contribution is -2.55. The number of hydrogen-bond donors (Lipinski definition) is 1. The summed E-state index contributed by atoms with van der Waals surface area (Å²) in [7, 11) is 1.72. The second kappa shape index (κ2) is 5.90. The highest BCUT2D eigenvalue weighted by Crippen LogP contribution is 2.28. The normalized spacial score (nSPS) is 27.2. The summed E-state index contributed by atoms with van der Waals surface area (Å²) in [6, 6.07) is 13.7. The van der Waals surface area contributed by atoms with Gasteiger partial charge in [0.15, 0.2) is 0 Å². The van der Waals surface area contributed by atoms with Crippen LogP contribution >= 0.6 is 0 Å². The first-order valence-corrected chi connectivity index (χ1v) is 8.34. The Morgan fingerprint density at radius 1 is 1.09 bits per heavy atom. The highest BCUT2D eigenvalue weighted by molar-refractivity contribution is 5.84. The lowest BCUT2D eigenvalue weighted by atomic mass is 9.84. The van der Waals surface area contributed by atoms with Crippen LogP contribution < -0.4 is 10.1 Å². The molecule has 1 unspecified atom stereocenters. The standard InChI is InChI=1S/C19H24N2O/c1-22-18-5-4-16-10-14(2-3-17(16)11-18)12-20-19-13-21-8-6-15(19)7-9-21/h2-5,10-11,15,19-20H,6-9,12-13H2,1H3. The van der Waals surface area contributed by atoms with Crippen LogP contribution in [0.3, 0.4) is 0 Å². The number of hydrogen-bond acceptors (Lipinski definition) is 3. The second-order valence-electron chi connectivity index (χ2n) is 6.67. The second-order valence-corrected chi connectivity index (χ2v) is 6.67. The molecule has 3 heterocycles. The van der Waals surface area contributed by atoms with Crippen LogP contribution in [0.15, 0.2) is 36.4 Å². The van der Waals surface area contributed by atoms with Gasteiger partial charge in [0.05, 0.1) is 7.11 Å². The van der Waals surface area contributed by atoms with Crippen molar-refractivity contribution in [1.82, 2.24) is 10.2 Å². The maximum absolute atomic E-state index is 5.29. The van der Waals surface area contributed by atoms with Crippen molar-refractivity contribution in [2.75, 3.05) is 26.7 Å². The van der Waals surface area contributed by atoms with Crippen LogP contribution in [0, 0.1) is 5.92 Å². The lowest BCUT2D eigenvalue weighted by molar-refractivity contribution is 0.0720. The molecule has 3 aliphatic heterocycles. The predicted octanol–water partition coefficient (Wildman–Crippen LogP) is 3.03. The Balaban J connectivity index is 1.45. The zero-order valence-corrected chi connectivity index (χ0v) is 13.2. The number of nitrogens with one attached hydrogen (secondary N) is 1. The molecule has 3 aliphatic rings. The summed E-state index contributed by atoms with van der Waals surface area (Å²) in [5, 5.41) is 6.32. The van der Waals surface area contributed by atoms with Crippen LogP contribution in [-0.2, 0) is 6.54 Å². The van der Waals surface area contributed by atoms with Crippen molar-refractivity contribution < 1.29 is 4.74 Å². The average Bonchev–Trinajstić information content (AvgIpc) is 2.60. The smallest absolute Gasteiger partial charge is 0.119 e. The molecular formula is C19H24N2O. The fraction of sp³-hybridized carbons (Fsp3) is 0.474. The monoisotopic (exact) mass is 296 g/mol. The van der Waals surface area contributed by atoms with E-state index in [1.54, 1.807) is 7.11 Å². The molecule has 0 aliphatic carbocycles. The molecule has 2 aromatic carbocycles. The molecule has 1 atom stereocenters. The van der Waals surface area contributed by atoms with E-state index in [2.05, 4.69) is 40.5 Å². The SMILES string of the molecule is COc1ccc2cc(CNC3CN4CCC3CC4)ccc2c1. The van der Waals surface area contributed by atoms with Crippen molar-refractivity contribution >= 4 is 10.8 Å². The number of rotatable bonds is 4. The number of benzene rings is 2. The van der Waals surface area contributed by atoms with Gasteiger partial charge in [0.25, 0.3) is 0 Å². The summed E-state index contributed by atoms with van der Waals surface area (Å²) >= 11 is 0. The van der Waals surface area contributed by atoms with Gasteiger partial charge in [0.1, 0.15) is 5.75 Å². The van der Waals surface area contributed by atoms with Gasteiger partial charge in [-0.25, -0.2) is 0 Å². The van der Waals surface area contributed by atoms with E-state index in [9.17, 15) is 0 Å². The molecular weight excluding hydrogens is 272 g/mol. The first kappa shape index (κ1) is 14.0. The highest BCUT2D eigenvalue weighted by Gasteiger charge is 2.33. The maximum atomic E-state index is 5.29. The van der Waals surface area contributed by atoms with Gasteiger partial charge >= 0.3 is 0 Å². The minimum Gasteiger partial charge on any atom is -0.497 e. The minimum atomic E-state index is 0.675. The van der Waals surface area contributed by atoms with Crippen LogP contribution in [0.1, 0.15) is 18.4 Å². The average molecular weight is 296 g/mol. The van der Waals surface area contributed by atoms with Crippen LogP contribution in [0.2, 0.25) is 0 Å². The number of methoxy groups -OCH3 is 1. The Hall–Kier alpha value is -1.58. The predicted molar refractivity (Wildman–Crippen MR) is 90.3 cm³/mol. The topological polar surface area (TPSA) is 24.5 Å². The fourth-order valence-electron chi connectivity index (χ4n) is 3.96. The van der Waals surface area contributed by atoms with E-state index in [4.69, 9.17) is 4.74 Å². The largest absolute Gasteiger partial charge is 0.497 e. The third kappa shape index (κ3) is 2.71. The number of nitrogens with zero attached hydrogens (tertiary/aromatic N) is 1. The van der Waals surface area contributed by atoms with Gasteiger partial charge in [-0.3, -0.25) is 0 Å². The van der Waals surface area contributed by atoms with Gasteiger partial charge in [-0.1, -0.05) is 18.2 Å². The van der Waals surface area contributed by atoms with Crippen LogP contribution in [0.5, 0.6) is 5.75 Å². The molecule has 3 fully saturated rings. The molecule has 0 amide bonds. The van der Waals surface area contributed by atoms with Gasteiger partial charge in [-0.15, -0.1) is 0 Å². The van der Waals surface area contributed by atoms with E-state index in [1.807, 2.05) is 6.07 Å². The fourth-order valence-corrected chi connectivity index (χ4v) is 3.96. The Morgan fingerprint density at radius 3 is 2.59 bits per heavy atom. The third-order valence-electron chi connectivity index (χ3n) is 5.34. The quantitative estimate of drug-likeness (QED) is 0.938. The molecule has 2 aromatic rings. The molecule has 3 saturated heterocycles. The number of piperidine rings is 3. The van der Waals surface area contributed by atoms with Gasteiger partial charge in [-0.2, -0.15) is 0 Å². The highest BCUT2D eigenvalue weighted by atomic mass is 16.5. The van der Waals surface area contributed by atoms with E-state index in [0.717, 1.165) is 18.2 Å². The Labute approximate surface area is 132 Å². The molecule has 116 valence electrons. The third-order valence-corrected chi connectivity index (χ3v) is 5.34. The first-order valence-electron chi connectivity index (χ1n) is 8.34. The summed E-state index contributed by atoms with van der Waals surface area (Å²) in [4.78, 5) is 2.60. The molecule has 3 nitrogen and oxygen atoms in total. The van der Waals surface area contributed by atoms with E-state index >= 15 is 0 Å². The van der Waals surface area contributed by atoms with Crippen molar-refractivity contribution in [3.8, 4) is 5.75 Å². The lowest BCUT2D eigenvalue weighted by Gasteiger charge is -2.45. The Bertz CT molecular complexity index is 662. The van der Waals surface area contributed by atoms with E-state index in [-0.39, 0.29) is 0 Å².